The molecule has 122 valence electrons. The van der Waals surface area contributed by atoms with Crippen molar-refractivity contribution >= 4 is 12.0 Å². The van der Waals surface area contributed by atoms with Crippen LogP contribution in [-0.2, 0) is 4.79 Å². The molecule has 5 heteroatoms. The molecule has 2 saturated carbocycles. The van der Waals surface area contributed by atoms with Crippen molar-refractivity contribution in [2.45, 2.75) is 37.6 Å². The first-order valence-corrected chi connectivity index (χ1v) is 8.44. The number of hydrogen-bond acceptors (Lipinski definition) is 2. The number of fused-ring (bicyclic) bond motifs is 1. The van der Waals surface area contributed by atoms with Gasteiger partial charge >= 0.3 is 12.0 Å². The van der Waals surface area contributed by atoms with Crippen LogP contribution in [0.1, 0.15) is 37.2 Å². The summed E-state index contributed by atoms with van der Waals surface area (Å²) >= 11 is 0. The maximum atomic E-state index is 12.5. The zero-order valence-electron chi connectivity index (χ0n) is 13.1. The second-order valence-corrected chi connectivity index (χ2v) is 7.24. The molecule has 1 heterocycles. The number of nitrogens with one attached hydrogen (secondary N) is 1. The summed E-state index contributed by atoms with van der Waals surface area (Å²) in [5.74, 6) is -0.213. The van der Waals surface area contributed by atoms with E-state index in [9.17, 15) is 14.7 Å². The normalized spacial score (nSPS) is 35.0. The first kappa shape index (κ1) is 14.5. The van der Waals surface area contributed by atoms with Gasteiger partial charge in [0.05, 0.1) is 5.41 Å². The third-order valence-corrected chi connectivity index (χ3v) is 5.91. The first-order valence-electron chi connectivity index (χ1n) is 8.44. The minimum absolute atomic E-state index is 0.0940. The van der Waals surface area contributed by atoms with Gasteiger partial charge in [0.25, 0.3) is 0 Å². The number of likely N-dealkylation sites (tertiary alicyclic amines) is 1. The second kappa shape index (κ2) is 5.25. The molecule has 1 saturated heterocycles. The Hall–Kier alpha value is -2.04. The van der Waals surface area contributed by atoms with E-state index in [1.54, 1.807) is 4.90 Å². The molecule has 1 aromatic rings. The SMILES string of the molecule is O=C(N[C@@H]1C[C@H]1c1ccccc1)N1C[C@@H]2CCC[C@@]2(C(=O)O)C1. The largest absolute Gasteiger partial charge is 0.481 e. The summed E-state index contributed by atoms with van der Waals surface area (Å²) in [5, 5.41) is 12.7. The van der Waals surface area contributed by atoms with Crippen molar-refractivity contribution in [3.8, 4) is 0 Å². The Morgan fingerprint density at radius 3 is 2.74 bits per heavy atom. The number of carbonyl (C=O) groups is 2. The van der Waals surface area contributed by atoms with Gasteiger partial charge in [0, 0.05) is 25.0 Å². The van der Waals surface area contributed by atoms with Gasteiger partial charge in [0.2, 0.25) is 0 Å². The van der Waals surface area contributed by atoms with Gasteiger partial charge in [-0.2, -0.15) is 0 Å². The molecule has 0 spiro atoms. The zero-order chi connectivity index (χ0) is 16.0. The van der Waals surface area contributed by atoms with Gasteiger partial charge in [0.15, 0.2) is 0 Å². The highest BCUT2D eigenvalue weighted by molar-refractivity contribution is 5.81. The summed E-state index contributed by atoms with van der Waals surface area (Å²) in [6.07, 6.45) is 3.56. The molecule has 2 amide bonds. The predicted octanol–water partition coefficient (Wildman–Crippen LogP) is 2.44. The summed E-state index contributed by atoms with van der Waals surface area (Å²) in [4.78, 5) is 25.9. The fourth-order valence-electron chi connectivity index (χ4n) is 4.47. The Labute approximate surface area is 135 Å². The number of amides is 2. The standard InChI is InChI=1S/C18H22N2O3/c21-16(22)18-8-4-7-13(18)10-20(11-18)17(23)19-15-9-14(15)12-5-2-1-3-6-12/h1-3,5-6,13-15H,4,7-11H2,(H,19,23)(H,21,22)/t13-,14-,15+,18+/m0/s1. The van der Waals surface area contributed by atoms with Crippen molar-refractivity contribution < 1.29 is 14.7 Å². The van der Waals surface area contributed by atoms with Crippen molar-refractivity contribution in [2.75, 3.05) is 13.1 Å². The number of aliphatic carboxylic acids is 1. The van der Waals surface area contributed by atoms with Crippen LogP contribution < -0.4 is 5.32 Å². The Balaban J connectivity index is 1.37. The maximum absolute atomic E-state index is 12.5. The average Bonchev–Trinajstić information content (AvgIpc) is 3.02. The number of nitrogens with zero attached hydrogens (tertiary/aromatic N) is 1. The van der Waals surface area contributed by atoms with Gasteiger partial charge in [-0.3, -0.25) is 4.79 Å². The van der Waals surface area contributed by atoms with Crippen LogP contribution >= 0.6 is 0 Å². The van der Waals surface area contributed by atoms with Crippen LogP contribution in [0.4, 0.5) is 4.79 Å². The Bertz CT molecular complexity index is 632. The van der Waals surface area contributed by atoms with Crippen LogP contribution in [0, 0.1) is 11.3 Å². The fraction of sp³-hybridized carbons (Fsp3) is 0.556. The molecule has 1 aromatic carbocycles. The van der Waals surface area contributed by atoms with E-state index in [0.717, 1.165) is 19.3 Å². The van der Waals surface area contributed by atoms with E-state index < -0.39 is 11.4 Å². The van der Waals surface area contributed by atoms with Crippen LogP contribution in [0.5, 0.6) is 0 Å². The number of carboxylic acid groups (broad SMARTS) is 1. The average molecular weight is 314 g/mol. The molecular formula is C18H22N2O3. The van der Waals surface area contributed by atoms with E-state index in [-0.39, 0.29) is 18.0 Å². The molecule has 2 aliphatic carbocycles. The van der Waals surface area contributed by atoms with Crippen molar-refractivity contribution in [1.29, 1.82) is 0 Å². The number of rotatable bonds is 3. The Morgan fingerprint density at radius 2 is 2.04 bits per heavy atom. The highest BCUT2D eigenvalue weighted by atomic mass is 16.4. The van der Waals surface area contributed by atoms with E-state index in [0.29, 0.717) is 25.4 Å². The van der Waals surface area contributed by atoms with Gasteiger partial charge < -0.3 is 15.3 Å². The van der Waals surface area contributed by atoms with Gasteiger partial charge in [-0.15, -0.1) is 0 Å². The molecule has 0 bridgehead atoms. The van der Waals surface area contributed by atoms with Gasteiger partial charge in [0.1, 0.15) is 0 Å². The summed E-state index contributed by atoms with van der Waals surface area (Å²) in [6.45, 7) is 0.947. The van der Waals surface area contributed by atoms with E-state index in [1.165, 1.54) is 5.56 Å². The Kier molecular flexibility index (Phi) is 3.32. The molecule has 23 heavy (non-hydrogen) atoms. The molecule has 0 aromatic heterocycles. The number of carboxylic acids is 1. The Morgan fingerprint density at radius 1 is 1.26 bits per heavy atom. The lowest BCUT2D eigenvalue weighted by Gasteiger charge is -2.23. The number of hydrogen-bond donors (Lipinski definition) is 2. The molecule has 2 N–H and O–H groups in total. The molecule has 0 unspecified atom stereocenters. The van der Waals surface area contributed by atoms with Crippen molar-refractivity contribution in [3.05, 3.63) is 35.9 Å². The van der Waals surface area contributed by atoms with Crippen LogP contribution in [-0.4, -0.2) is 41.1 Å². The van der Waals surface area contributed by atoms with Gasteiger partial charge in [-0.1, -0.05) is 36.8 Å². The molecule has 0 radical (unpaired) electrons. The summed E-state index contributed by atoms with van der Waals surface area (Å²) < 4.78 is 0. The number of urea groups is 1. The van der Waals surface area contributed by atoms with Crippen LogP contribution in [0.3, 0.4) is 0 Å². The number of benzene rings is 1. The minimum Gasteiger partial charge on any atom is -0.481 e. The molecule has 5 nitrogen and oxygen atoms in total. The molecule has 3 fully saturated rings. The lowest BCUT2D eigenvalue weighted by Crippen LogP contribution is -2.42. The maximum Gasteiger partial charge on any atom is 0.317 e. The first-order chi connectivity index (χ1) is 11.1. The lowest BCUT2D eigenvalue weighted by molar-refractivity contribution is -0.149. The van der Waals surface area contributed by atoms with Gasteiger partial charge in [-0.25, -0.2) is 4.79 Å². The van der Waals surface area contributed by atoms with E-state index in [1.807, 2.05) is 18.2 Å². The van der Waals surface area contributed by atoms with Crippen LogP contribution in [0.2, 0.25) is 0 Å². The fourth-order valence-corrected chi connectivity index (χ4v) is 4.47. The zero-order valence-corrected chi connectivity index (χ0v) is 13.1. The van der Waals surface area contributed by atoms with Crippen molar-refractivity contribution in [3.63, 3.8) is 0 Å². The highest BCUT2D eigenvalue weighted by Gasteiger charge is 2.56. The van der Waals surface area contributed by atoms with Gasteiger partial charge in [-0.05, 0) is 30.7 Å². The number of carbonyl (C=O) groups excluding carboxylic acids is 1. The smallest absolute Gasteiger partial charge is 0.317 e. The van der Waals surface area contributed by atoms with E-state index in [2.05, 4.69) is 17.4 Å². The van der Waals surface area contributed by atoms with Crippen molar-refractivity contribution in [1.82, 2.24) is 10.2 Å². The summed E-state index contributed by atoms with van der Waals surface area (Å²) in [6, 6.07) is 10.3. The van der Waals surface area contributed by atoms with Crippen LogP contribution in [0.15, 0.2) is 30.3 Å². The summed E-state index contributed by atoms with van der Waals surface area (Å²) in [5.41, 5.74) is 0.567. The second-order valence-electron chi connectivity index (χ2n) is 7.24. The highest BCUT2D eigenvalue weighted by Crippen LogP contribution is 2.49. The molecule has 4 atom stereocenters. The monoisotopic (exact) mass is 314 g/mol. The lowest BCUT2D eigenvalue weighted by atomic mass is 9.81. The predicted molar refractivity (Wildman–Crippen MR) is 85.1 cm³/mol. The van der Waals surface area contributed by atoms with E-state index >= 15 is 0 Å². The van der Waals surface area contributed by atoms with Crippen LogP contribution in [0.25, 0.3) is 0 Å². The third-order valence-electron chi connectivity index (χ3n) is 5.91. The van der Waals surface area contributed by atoms with E-state index in [4.69, 9.17) is 0 Å². The van der Waals surface area contributed by atoms with Crippen molar-refractivity contribution in [2.24, 2.45) is 11.3 Å². The third kappa shape index (κ3) is 2.38. The molecule has 4 rings (SSSR count). The molecule has 3 aliphatic rings. The topological polar surface area (TPSA) is 69.6 Å². The molecular weight excluding hydrogens is 292 g/mol. The quantitative estimate of drug-likeness (QED) is 0.900. The molecule has 1 aliphatic heterocycles. The minimum atomic E-state index is -0.733. The summed E-state index contributed by atoms with van der Waals surface area (Å²) in [7, 11) is 0.